The van der Waals surface area contributed by atoms with Crippen molar-refractivity contribution in [2.24, 2.45) is 0 Å². The number of fused-ring (bicyclic) bond motifs is 2. The average molecular weight is 395 g/mol. The van der Waals surface area contributed by atoms with Crippen LogP contribution in [0.1, 0.15) is 21.5 Å². The summed E-state index contributed by atoms with van der Waals surface area (Å²) in [5, 5.41) is 0. The van der Waals surface area contributed by atoms with Gasteiger partial charge in [-0.25, -0.2) is 4.79 Å². The second kappa shape index (κ2) is 7.40. The minimum Gasteiger partial charge on any atom is -0.454 e. The van der Waals surface area contributed by atoms with Gasteiger partial charge in [0.15, 0.2) is 17.6 Å². The van der Waals surface area contributed by atoms with Crippen molar-refractivity contribution in [1.82, 2.24) is 4.90 Å². The molecular formula is C22H23N2O5+. The van der Waals surface area contributed by atoms with Gasteiger partial charge in [0.2, 0.25) is 6.79 Å². The number of hydrogen-bond donors (Lipinski definition) is 1. The number of amides is 1. The van der Waals surface area contributed by atoms with Crippen LogP contribution in [-0.4, -0.2) is 55.9 Å². The quantitative estimate of drug-likeness (QED) is 0.764. The van der Waals surface area contributed by atoms with E-state index < -0.39 is 12.1 Å². The fourth-order valence-electron chi connectivity index (χ4n) is 4.23. The summed E-state index contributed by atoms with van der Waals surface area (Å²) in [6, 6.07) is 13.4. The predicted molar refractivity (Wildman–Crippen MR) is 103 cm³/mol. The Bertz CT molecular complexity index is 952. The van der Waals surface area contributed by atoms with E-state index in [1.807, 2.05) is 35.2 Å². The standard InChI is InChI=1S/C22H22N2O5/c25-21(20-12-16-3-1-2-4-17(16)22(26)29-20)24-9-7-23(8-10-24)13-15-5-6-18-19(11-15)28-14-27-18/h1-6,11,20H,7-10,12-14H2/p+1/t20-/m1/s1. The third-order valence-corrected chi connectivity index (χ3v) is 5.84. The van der Waals surface area contributed by atoms with Gasteiger partial charge in [0.1, 0.15) is 6.54 Å². The number of hydrogen-bond acceptors (Lipinski definition) is 5. The minimum atomic E-state index is -0.715. The van der Waals surface area contributed by atoms with Gasteiger partial charge >= 0.3 is 5.97 Å². The molecule has 0 saturated carbocycles. The molecule has 0 bridgehead atoms. The summed E-state index contributed by atoms with van der Waals surface area (Å²) in [5.74, 6) is 1.10. The molecule has 29 heavy (non-hydrogen) atoms. The Labute approximate surface area is 168 Å². The van der Waals surface area contributed by atoms with Gasteiger partial charge in [-0.15, -0.1) is 0 Å². The van der Waals surface area contributed by atoms with Gasteiger partial charge < -0.3 is 24.0 Å². The number of quaternary nitrogens is 1. The number of carbonyl (C=O) groups is 2. The summed E-state index contributed by atoms with van der Waals surface area (Å²) < 4.78 is 16.2. The van der Waals surface area contributed by atoms with Gasteiger partial charge in [0.25, 0.3) is 5.91 Å². The van der Waals surface area contributed by atoms with Crippen LogP contribution < -0.4 is 14.4 Å². The lowest BCUT2D eigenvalue weighted by molar-refractivity contribution is -0.917. The summed E-state index contributed by atoms with van der Waals surface area (Å²) in [6.45, 7) is 4.20. The second-order valence-electron chi connectivity index (χ2n) is 7.69. The molecule has 7 nitrogen and oxygen atoms in total. The number of nitrogens with one attached hydrogen (secondary N) is 1. The Morgan fingerprint density at radius 1 is 1.07 bits per heavy atom. The van der Waals surface area contributed by atoms with Gasteiger partial charge in [-0.05, 0) is 29.8 Å². The molecule has 0 spiro atoms. The number of esters is 1. The SMILES string of the molecule is O=C1O[C@@H](C(=O)N2CC[NH+](Cc3ccc4c(c3)OCO4)CC2)Cc2ccccc21. The molecule has 0 radical (unpaired) electrons. The molecule has 1 fully saturated rings. The van der Waals surface area contributed by atoms with Crippen LogP contribution >= 0.6 is 0 Å². The molecule has 0 unspecified atom stereocenters. The zero-order valence-electron chi connectivity index (χ0n) is 16.1. The Morgan fingerprint density at radius 2 is 1.86 bits per heavy atom. The van der Waals surface area contributed by atoms with E-state index >= 15 is 0 Å². The minimum absolute atomic E-state index is 0.0880. The third kappa shape index (κ3) is 3.53. The van der Waals surface area contributed by atoms with Gasteiger partial charge in [-0.3, -0.25) is 4.79 Å². The van der Waals surface area contributed by atoms with Gasteiger partial charge in [-0.1, -0.05) is 18.2 Å². The number of rotatable bonds is 3. The highest BCUT2D eigenvalue weighted by Gasteiger charge is 2.35. The number of carbonyl (C=O) groups excluding carboxylic acids is 2. The van der Waals surface area contributed by atoms with Crippen LogP contribution in [-0.2, 0) is 22.5 Å². The largest absolute Gasteiger partial charge is 0.454 e. The zero-order chi connectivity index (χ0) is 19.8. The van der Waals surface area contributed by atoms with E-state index in [-0.39, 0.29) is 12.7 Å². The van der Waals surface area contributed by atoms with Crippen molar-refractivity contribution in [3.8, 4) is 11.5 Å². The smallest absolute Gasteiger partial charge is 0.339 e. The maximum absolute atomic E-state index is 12.9. The normalized spacial score (nSPS) is 20.9. The molecule has 0 aromatic heterocycles. The Morgan fingerprint density at radius 3 is 2.72 bits per heavy atom. The number of benzene rings is 2. The van der Waals surface area contributed by atoms with E-state index in [2.05, 4.69) is 6.07 Å². The molecule has 2 aromatic rings. The molecule has 1 atom stereocenters. The van der Waals surface area contributed by atoms with Crippen LogP contribution in [0.2, 0.25) is 0 Å². The van der Waals surface area contributed by atoms with Crippen molar-refractivity contribution in [2.75, 3.05) is 33.0 Å². The second-order valence-corrected chi connectivity index (χ2v) is 7.69. The number of nitrogens with zero attached hydrogens (tertiary/aromatic N) is 1. The van der Waals surface area contributed by atoms with Crippen LogP contribution in [0, 0.1) is 0 Å². The molecule has 1 amide bonds. The maximum Gasteiger partial charge on any atom is 0.339 e. The first-order valence-electron chi connectivity index (χ1n) is 9.97. The molecule has 3 heterocycles. The molecule has 3 aliphatic rings. The molecule has 3 aliphatic heterocycles. The van der Waals surface area contributed by atoms with E-state index in [0.717, 1.165) is 36.7 Å². The monoisotopic (exact) mass is 395 g/mol. The lowest BCUT2D eigenvalue weighted by atomic mass is 9.98. The molecule has 0 aliphatic carbocycles. The van der Waals surface area contributed by atoms with E-state index in [0.29, 0.717) is 25.1 Å². The van der Waals surface area contributed by atoms with Crippen molar-refractivity contribution >= 4 is 11.9 Å². The molecular weight excluding hydrogens is 372 g/mol. The molecule has 5 rings (SSSR count). The van der Waals surface area contributed by atoms with Crippen LogP contribution in [0.15, 0.2) is 42.5 Å². The van der Waals surface area contributed by atoms with E-state index in [1.165, 1.54) is 10.5 Å². The summed E-state index contributed by atoms with van der Waals surface area (Å²) in [6.07, 6.45) is -0.266. The van der Waals surface area contributed by atoms with Crippen LogP contribution in [0.3, 0.4) is 0 Å². The van der Waals surface area contributed by atoms with Crippen molar-refractivity contribution in [3.05, 3.63) is 59.2 Å². The van der Waals surface area contributed by atoms with Crippen LogP contribution in [0.5, 0.6) is 11.5 Å². The molecule has 1 saturated heterocycles. The first kappa shape index (κ1) is 18.0. The third-order valence-electron chi connectivity index (χ3n) is 5.84. The number of ether oxygens (including phenoxy) is 3. The van der Waals surface area contributed by atoms with Gasteiger partial charge in [0.05, 0.1) is 31.7 Å². The average Bonchev–Trinajstić information content (AvgIpc) is 3.22. The topological polar surface area (TPSA) is 69.5 Å². The van der Waals surface area contributed by atoms with Crippen molar-refractivity contribution in [2.45, 2.75) is 19.1 Å². The van der Waals surface area contributed by atoms with Gasteiger partial charge in [-0.2, -0.15) is 0 Å². The first-order valence-corrected chi connectivity index (χ1v) is 9.97. The number of cyclic esters (lactones) is 1. The molecule has 150 valence electrons. The van der Waals surface area contributed by atoms with Crippen molar-refractivity contribution in [1.29, 1.82) is 0 Å². The zero-order valence-corrected chi connectivity index (χ0v) is 16.1. The van der Waals surface area contributed by atoms with Gasteiger partial charge in [0, 0.05) is 12.0 Å². The summed E-state index contributed by atoms with van der Waals surface area (Å²) >= 11 is 0. The van der Waals surface area contributed by atoms with E-state index in [9.17, 15) is 9.59 Å². The summed E-state index contributed by atoms with van der Waals surface area (Å²) in [7, 11) is 0. The maximum atomic E-state index is 12.9. The van der Waals surface area contributed by atoms with Crippen LogP contribution in [0.25, 0.3) is 0 Å². The van der Waals surface area contributed by atoms with E-state index in [4.69, 9.17) is 14.2 Å². The lowest BCUT2D eigenvalue weighted by Crippen LogP contribution is -3.13. The highest BCUT2D eigenvalue weighted by molar-refractivity contribution is 5.95. The first-order chi connectivity index (χ1) is 14.2. The molecule has 1 N–H and O–H groups in total. The highest BCUT2D eigenvalue weighted by Crippen LogP contribution is 2.32. The lowest BCUT2D eigenvalue weighted by Gasteiger charge is -2.35. The number of piperazine rings is 1. The summed E-state index contributed by atoms with van der Waals surface area (Å²) in [4.78, 5) is 28.4. The van der Waals surface area contributed by atoms with Crippen molar-refractivity contribution < 1.29 is 28.7 Å². The van der Waals surface area contributed by atoms with Crippen LogP contribution in [0.4, 0.5) is 0 Å². The Kier molecular flexibility index (Phi) is 4.60. The molecule has 7 heteroatoms. The predicted octanol–water partition coefficient (Wildman–Crippen LogP) is 0.424. The fourth-order valence-corrected chi connectivity index (χ4v) is 4.23. The highest BCUT2D eigenvalue weighted by atomic mass is 16.7. The van der Waals surface area contributed by atoms with E-state index in [1.54, 1.807) is 6.07 Å². The fraction of sp³-hybridized carbons (Fsp3) is 0.364. The summed E-state index contributed by atoms with van der Waals surface area (Å²) in [5.41, 5.74) is 2.64. The molecule has 2 aromatic carbocycles. The van der Waals surface area contributed by atoms with Crippen molar-refractivity contribution in [3.63, 3.8) is 0 Å². The Balaban J connectivity index is 1.18. The Hall–Kier alpha value is -3.06.